The van der Waals surface area contributed by atoms with E-state index in [0.29, 0.717) is 6.04 Å². The Morgan fingerprint density at radius 3 is 2.58 bits per heavy atom. The summed E-state index contributed by atoms with van der Waals surface area (Å²) in [5, 5.41) is 9.24. The molecule has 1 unspecified atom stereocenters. The van der Waals surface area contributed by atoms with E-state index < -0.39 is 0 Å². The van der Waals surface area contributed by atoms with Gasteiger partial charge in [0, 0.05) is 36.7 Å². The molecule has 19 heavy (non-hydrogen) atoms. The lowest BCUT2D eigenvalue weighted by molar-refractivity contribution is 0.193. The Hall–Kier alpha value is -1.05. The Morgan fingerprint density at radius 1 is 1.32 bits per heavy atom. The molecule has 0 bridgehead atoms. The molecule has 0 aromatic heterocycles. The van der Waals surface area contributed by atoms with Crippen LogP contribution in [0.1, 0.15) is 25.8 Å². The maximum atomic E-state index is 9.24. The zero-order chi connectivity index (χ0) is 13.8. The molecule has 0 N–H and O–H groups in total. The van der Waals surface area contributed by atoms with Crippen LogP contribution in [0.2, 0.25) is 0 Å². The third kappa shape index (κ3) is 3.29. The Bertz CT molecular complexity index is 473. The Kier molecular flexibility index (Phi) is 4.84. The average molecular weight is 322 g/mol. The minimum absolute atomic E-state index is 0.655. The number of rotatable bonds is 3. The lowest BCUT2D eigenvalue weighted by Gasteiger charge is -2.39. The first-order valence-corrected chi connectivity index (χ1v) is 7.63. The summed E-state index contributed by atoms with van der Waals surface area (Å²) >= 11 is 3.42. The highest BCUT2D eigenvalue weighted by atomic mass is 79.9. The number of anilines is 1. The van der Waals surface area contributed by atoms with E-state index in [1.165, 1.54) is 6.42 Å². The first-order valence-electron chi connectivity index (χ1n) is 6.84. The number of nitrogens with zero attached hydrogens (tertiary/aromatic N) is 3. The van der Waals surface area contributed by atoms with Crippen LogP contribution in [0.25, 0.3) is 0 Å². The van der Waals surface area contributed by atoms with Gasteiger partial charge in [-0.1, -0.05) is 22.9 Å². The van der Waals surface area contributed by atoms with Gasteiger partial charge in [0.25, 0.3) is 0 Å². The zero-order valence-electron chi connectivity index (χ0n) is 11.6. The van der Waals surface area contributed by atoms with Crippen LogP contribution >= 0.6 is 15.9 Å². The predicted octanol–water partition coefficient (Wildman–Crippen LogP) is 3.24. The summed E-state index contributed by atoms with van der Waals surface area (Å²) in [7, 11) is 0. The number of piperazine rings is 1. The topological polar surface area (TPSA) is 30.3 Å². The molecular weight excluding hydrogens is 302 g/mol. The monoisotopic (exact) mass is 321 g/mol. The van der Waals surface area contributed by atoms with Crippen molar-refractivity contribution < 1.29 is 0 Å². The van der Waals surface area contributed by atoms with E-state index in [9.17, 15) is 5.26 Å². The summed E-state index contributed by atoms with van der Waals surface area (Å²) in [4.78, 5) is 4.85. The second-order valence-electron chi connectivity index (χ2n) is 5.05. The zero-order valence-corrected chi connectivity index (χ0v) is 13.2. The van der Waals surface area contributed by atoms with Gasteiger partial charge in [-0.3, -0.25) is 4.90 Å². The number of hydrogen-bond donors (Lipinski definition) is 0. The Labute approximate surface area is 123 Å². The lowest BCUT2D eigenvalue weighted by Crippen LogP contribution is -2.49. The maximum Gasteiger partial charge on any atom is 0.101 e. The quantitative estimate of drug-likeness (QED) is 0.856. The minimum Gasteiger partial charge on any atom is -0.368 e. The van der Waals surface area contributed by atoms with Crippen LogP contribution in [-0.4, -0.2) is 37.1 Å². The second-order valence-corrected chi connectivity index (χ2v) is 5.97. The van der Waals surface area contributed by atoms with Crippen LogP contribution in [-0.2, 0) is 0 Å². The van der Waals surface area contributed by atoms with E-state index in [2.05, 4.69) is 45.6 Å². The summed E-state index contributed by atoms with van der Waals surface area (Å²) < 4.78 is 0.964. The van der Waals surface area contributed by atoms with Gasteiger partial charge < -0.3 is 4.90 Å². The molecule has 4 heteroatoms. The van der Waals surface area contributed by atoms with Crippen molar-refractivity contribution in [1.82, 2.24) is 4.90 Å². The lowest BCUT2D eigenvalue weighted by atomic mass is 10.1. The second kappa shape index (κ2) is 6.40. The van der Waals surface area contributed by atoms with Gasteiger partial charge in [0.15, 0.2) is 0 Å². The number of hydrogen-bond acceptors (Lipinski definition) is 3. The van der Waals surface area contributed by atoms with Gasteiger partial charge >= 0.3 is 0 Å². The molecule has 0 radical (unpaired) electrons. The predicted molar refractivity (Wildman–Crippen MR) is 82.4 cm³/mol. The van der Waals surface area contributed by atoms with Crippen molar-refractivity contribution in [2.24, 2.45) is 0 Å². The van der Waals surface area contributed by atoms with E-state index in [-0.39, 0.29) is 0 Å². The molecule has 1 atom stereocenters. The van der Waals surface area contributed by atoms with E-state index in [1.54, 1.807) is 0 Å². The third-order valence-corrected chi connectivity index (χ3v) is 4.44. The van der Waals surface area contributed by atoms with Crippen molar-refractivity contribution >= 4 is 21.6 Å². The van der Waals surface area contributed by atoms with Crippen molar-refractivity contribution in [3.8, 4) is 6.07 Å². The Morgan fingerprint density at radius 2 is 2.00 bits per heavy atom. The van der Waals surface area contributed by atoms with Crippen LogP contribution in [0.5, 0.6) is 0 Å². The number of nitriles is 1. The van der Waals surface area contributed by atoms with Gasteiger partial charge in [-0.25, -0.2) is 0 Å². The molecule has 2 rings (SSSR count). The van der Waals surface area contributed by atoms with Crippen LogP contribution < -0.4 is 4.90 Å². The van der Waals surface area contributed by atoms with Crippen LogP contribution in [0.15, 0.2) is 22.7 Å². The smallest absolute Gasteiger partial charge is 0.101 e. The fourth-order valence-corrected chi connectivity index (χ4v) is 2.90. The molecule has 102 valence electrons. The molecule has 0 amide bonds. The van der Waals surface area contributed by atoms with Gasteiger partial charge in [-0.05, 0) is 31.5 Å². The molecule has 3 nitrogen and oxygen atoms in total. The maximum absolute atomic E-state index is 9.24. The fourth-order valence-electron chi connectivity index (χ4n) is 2.54. The highest BCUT2D eigenvalue weighted by Crippen LogP contribution is 2.25. The largest absolute Gasteiger partial charge is 0.368 e. The van der Waals surface area contributed by atoms with Crippen molar-refractivity contribution in [3.63, 3.8) is 0 Å². The normalized spacial score (nSPS) is 18.1. The number of benzene rings is 1. The highest BCUT2D eigenvalue weighted by Gasteiger charge is 2.21. The average Bonchev–Trinajstić information content (AvgIpc) is 2.46. The molecular formula is C15H20BrN3. The van der Waals surface area contributed by atoms with Crippen LogP contribution in [0.4, 0.5) is 5.69 Å². The summed E-state index contributed by atoms with van der Waals surface area (Å²) in [6.45, 7) is 8.68. The van der Waals surface area contributed by atoms with Crippen molar-refractivity contribution in [3.05, 3.63) is 28.2 Å². The molecule has 0 aliphatic carbocycles. The van der Waals surface area contributed by atoms with Gasteiger partial charge in [-0.2, -0.15) is 5.26 Å². The summed E-state index contributed by atoms with van der Waals surface area (Å²) in [5.74, 6) is 0. The Balaban J connectivity index is 2.08. The molecule has 0 saturated carbocycles. The first kappa shape index (κ1) is 14.4. The standard InChI is InChI=1S/C15H20BrN3/c1-3-12(2)18-6-8-19(9-7-18)15-5-4-14(16)10-13(15)11-17/h4-5,10,12H,3,6-9H2,1-2H3. The molecule has 1 saturated heterocycles. The molecule has 1 fully saturated rings. The van der Waals surface area contributed by atoms with E-state index in [0.717, 1.165) is 41.9 Å². The number of halogens is 1. The summed E-state index contributed by atoms with van der Waals surface area (Å²) in [5.41, 5.74) is 1.82. The molecule has 0 spiro atoms. The van der Waals surface area contributed by atoms with Gasteiger partial charge in [-0.15, -0.1) is 0 Å². The molecule has 1 aliphatic rings. The van der Waals surface area contributed by atoms with Gasteiger partial charge in [0.2, 0.25) is 0 Å². The fraction of sp³-hybridized carbons (Fsp3) is 0.533. The van der Waals surface area contributed by atoms with Gasteiger partial charge in [0.1, 0.15) is 6.07 Å². The van der Waals surface area contributed by atoms with E-state index >= 15 is 0 Å². The molecule has 1 aromatic carbocycles. The highest BCUT2D eigenvalue weighted by molar-refractivity contribution is 9.10. The molecule has 1 aromatic rings. The van der Waals surface area contributed by atoms with Crippen LogP contribution in [0.3, 0.4) is 0 Å². The van der Waals surface area contributed by atoms with E-state index in [4.69, 9.17) is 0 Å². The van der Waals surface area contributed by atoms with Crippen molar-refractivity contribution in [2.45, 2.75) is 26.3 Å². The summed E-state index contributed by atoms with van der Waals surface area (Å²) in [6, 6.07) is 8.90. The summed E-state index contributed by atoms with van der Waals surface area (Å²) in [6.07, 6.45) is 1.20. The minimum atomic E-state index is 0.655. The molecule has 1 aliphatic heterocycles. The third-order valence-electron chi connectivity index (χ3n) is 3.95. The van der Waals surface area contributed by atoms with Crippen LogP contribution in [0, 0.1) is 11.3 Å². The first-order chi connectivity index (χ1) is 9.15. The van der Waals surface area contributed by atoms with E-state index in [1.807, 2.05) is 18.2 Å². The van der Waals surface area contributed by atoms with Crippen molar-refractivity contribution in [2.75, 3.05) is 31.1 Å². The molecule has 1 heterocycles. The SMILES string of the molecule is CCC(C)N1CCN(c2ccc(Br)cc2C#N)CC1. The van der Waals surface area contributed by atoms with Gasteiger partial charge in [0.05, 0.1) is 11.3 Å². The van der Waals surface area contributed by atoms with Crippen molar-refractivity contribution in [1.29, 1.82) is 5.26 Å².